The van der Waals surface area contributed by atoms with Crippen LogP contribution in [0, 0.1) is 10.8 Å². The van der Waals surface area contributed by atoms with Gasteiger partial charge in [-0.2, -0.15) is 0 Å². The average Bonchev–Trinajstić information content (AvgIpc) is 3.19. The minimum atomic E-state index is -0.831. The number of thioether (sulfide) groups is 1. The van der Waals surface area contributed by atoms with Crippen LogP contribution in [0.25, 0.3) is 0 Å². The van der Waals surface area contributed by atoms with Crippen LogP contribution in [0.1, 0.15) is 99.3 Å². The van der Waals surface area contributed by atoms with Crippen LogP contribution in [0.4, 0.5) is 0 Å². The number of hydrogen-bond acceptors (Lipinski definition) is 8. The molecule has 0 aliphatic carbocycles. The van der Waals surface area contributed by atoms with Crippen LogP contribution in [0.5, 0.6) is 0 Å². The fraction of sp³-hybridized carbons (Fsp3) is 0.818. The van der Waals surface area contributed by atoms with Gasteiger partial charge >= 0.3 is 0 Å². The van der Waals surface area contributed by atoms with E-state index in [9.17, 15) is 28.8 Å². The molecule has 4 amide bonds. The zero-order chi connectivity index (χ0) is 33.8. The molecule has 0 aromatic carbocycles. The third-order valence-corrected chi connectivity index (χ3v) is 9.34. The number of carbonyl (C=O) groups is 6. The Kier molecular flexibility index (Phi) is 16.3. The lowest BCUT2D eigenvalue weighted by Gasteiger charge is -2.32. The Hall–Kier alpha value is -2.27. The highest BCUT2D eigenvalue weighted by Crippen LogP contribution is 2.27. The summed E-state index contributed by atoms with van der Waals surface area (Å²) in [4.78, 5) is 82.8. The van der Waals surface area contributed by atoms with Crippen LogP contribution in [0.15, 0.2) is 0 Å². The van der Waals surface area contributed by atoms with E-state index in [0.717, 1.165) is 25.0 Å². The summed E-state index contributed by atoms with van der Waals surface area (Å²) >= 11 is 1.50. The summed E-state index contributed by atoms with van der Waals surface area (Å²) in [5.74, 6) is 0.118. The molecule has 2 atom stereocenters. The van der Waals surface area contributed by atoms with Gasteiger partial charge in [-0.15, -0.1) is 11.8 Å². The van der Waals surface area contributed by atoms with Crippen molar-refractivity contribution in [1.82, 2.24) is 19.6 Å². The zero-order valence-corrected chi connectivity index (χ0v) is 29.8. The standard InChI is InChI=1S/C33H58N4O6S/c1-32(2,3)26(38)16-15-18-37-29(41)23-25(31(37)43)44-21-14-12-11-13-17-28(40)36(10)24(22-27(39)33(4,5)6)30(42)35(9)20-19-34(7)8/h24-25H,11-23H2,1-10H3. The number of imide groups is 1. The molecule has 1 rings (SSSR count). The van der Waals surface area contributed by atoms with Crippen molar-refractivity contribution in [3.8, 4) is 0 Å². The van der Waals surface area contributed by atoms with E-state index in [1.165, 1.54) is 21.6 Å². The first kappa shape index (κ1) is 39.8. The van der Waals surface area contributed by atoms with E-state index < -0.39 is 16.9 Å². The lowest BCUT2D eigenvalue weighted by Crippen LogP contribution is -2.51. The quantitative estimate of drug-likeness (QED) is 0.154. The van der Waals surface area contributed by atoms with Gasteiger partial charge in [0.05, 0.1) is 5.25 Å². The first-order chi connectivity index (χ1) is 20.3. The summed E-state index contributed by atoms with van der Waals surface area (Å²) in [6.45, 7) is 12.6. The van der Waals surface area contributed by atoms with E-state index in [1.807, 2.05) is 60.5 Å². The van der Waals surface area contributed by atoms with Crippen molar-refractivity contribution in [2.24, 2.45) is 10.8 Å². The van der Waals surface area contributed by atoms with Crippen LogP contribution in [0.2, 0.25) is 0 Å². The van der Waals surface area contributed by atoms with Crippen molar-refractivity contribution in [1.29, 1.82) is 0 Å². The number of unbranched alkanes of at least 4 members (excludes halogenated alkanes) is 3. The van der Waals surface area contributed by atoms with Gasteiger partial charge in [0, 0.05) is 70.2 Å². The van der Waals surface area contributed by atoms with Crippen molar-refractivity contribution in [2.75, 3.05) is 53.6 Å². The molecular weight excluding hydrogens is 580 g/mol. The number of likely N-dealkylation sites (tertiary alicyclic amines) is 1. The van der Waals surface area contributed by atoms with Crippen LogP contribution in [-0.2, 0) is 28.8 Å². The van der Waals surface area contributed by atoms with Crippen LogP contribution < -0.4 is 0 Å². The minimum Gasteiger partial charge on any atom is -0.343 e. The predicted octanol–water partition coefficient (Wildman–Crippen LogP) is 4.05. The van der Waals surface area contributed by atoms with E-state index in [0.29, 0.717) is 45.3 Å². The van der Waals surface area contributed by atoms with E-state index in [2.05, 4.69) is 0 Å². The van der Waals surface area contributed by atoms with Crippen molar-refractivity contribution < 1.29 is 28.8 Å². The molecule has 0 aromatic heterocycles. The van der Waals surface area contributed by atoms with Gasteiger partial charge in [-0.05, 0) is 39.1 Å². The smallest absolute Gasteiger partial charge is 0.245 e. The van der Waals surface area contributed by atoms with E-state index in [4.69, 9.17) is 0 Å². The second-order valence-corrected chi connectivity index (χ2v) is 15.7. The Bertz CT molecular complexity index is 1020. The molecule has 0 saturated carbocycles. The number of ketones is 2. The molecule has 0 spiro atoms. The largest absolute Gasteiger partial charge is 0.343 e. The van der Waals surface area contributed by atoms with E-state index in [-0.39, 0.29) is 53.3 Å². The molecule has 1 fully saturated rings. The topological polar surface area (TPSA) is 115 Å². The molecule has 1 heterocycles. The Morgan fingerprint density at radius 1 is 0.818 bits per heavy atom. The normalized spacial score (nSPS) is 16.4. The number of amides is 4. The van der Waals surface area contributed by atoms with Gasteiger partial charge in [0.1, 0.15) is 17.6 Å². The molecule has 0 N–H and O–H groups in total. The maximum absolute atomic E-state index is 13.3. The number of nitrogens with zero attached hydrogens (tertiary/aromatic N) is 4. The van der Waals surface area contributed by atoms with Gasteiger partial charge in [0.2, 0.25) is 23.6 Å². The van der Waals surface area contributed by atoms with Crippen molar-refractivity contribution >= 4 is 47.0 Å². The van der Waals surface area contributed by atoms with Gasteiger partial charge < -0.3 is 14.7 Å². The Labute approximate surface area is 270 Å². The number of hydrogen-bond donors (Lipinski definition) is 0. The molecule has 0 radical (unpaired) electrons. The molecule has 1 aliphatic rings. The van der Waals surface area contributed by atoms with Crippen molar-refractivity contribution in [3.63, 3.8) is 0 Å². The first-order valence-electron chi connectivity index (χ1n) is 15.9. The average molecular weight is 639 g/mol. The summed E-state index contributed by atoms with van der Waals surface area (Å²) < 4.78 is 0. The maximum atomic E-state index is 13.3. The van der Waals surface area contributed by atoms with Crippen LogP contribution in [-0.4, -0.2) is 120 Å². The number of likely N-dealkylation sites (N-methyl/N-ethyl adjacent to an activating group) is 3. The van der Waals surface area contributed by atoms with Gasteiger partial charge in [-0.3, -0.25) is 33.7 Å². The predicted molar refractivity (Wildman–Crippen MR) is 176 cm³/mol. The Balaban J connectivity index is 2.49. The zero-order valence-electron chi connectivity index (χ0n) is 29.0. The first-order valence-corrected chi connectivity index (χ1v) is 17.0. The lowest BCUT2D eigenvalue weighted by atomic mass is 9.86. The molecular formula is C33H58N4O6S. The summed E-state index contributed by atoms with van der Waals surface area (Å²) in [6.07, 6.45) is 4.59. The SMILES string of the molecule is CN(C)CCN(C)C(=O)C(CC(=O)C(C)(C)C)N(C)C(=O)CCCCCCSC1CC(=O)N(CCCC(=O)C(C)(C)C)C1=O. The number of rotatable bonds is 19. The summed E-state index contributed by atoms with van der Waals surface area (Å²) in [7, 11) is 7.18. The molecule has 252 valence electrons. The second kappa shape index (κ2) is 18.0. The summed E-state index contributed by atoms with van der Waals surface area (Å²) in [6, 6.07) is -0.831. The van der Waals surface area contributed by atoms with E-state index >= 15 is 0 Å². The van der Waals surface area contributed by atoms with Gasteiger partial charge in [0.25, 0.3) is 0 Å². The highest BCUT2D eigenvalue weighted by molar-refractivity contribution is 8.00. The molecule has 0 bridgehead atoms. The number of carbonyl (C=O) groups excluding carboxylic acids is 6. The van der Waals surface area contributed by atoms with Gasteiger partial charge in [-0.1, -0.05) is 54.4 Å². The molecule has 11 heteroatoms. The fourth-order valence-corrected chi connectivity index (χ4v) is 5.87. The highest BCUT2D eigenvalue weighted by atomic mass is 32.2. The van der Waals surface area contributed by atoms with Crippen LogP contribution >= 0.6 is 11.8 Å². The van der Waals surface area contributed by atoms with Gasteiger partial charge in [0.15, 0.2) is 0 Å². The fourth-order valence-electron chi connectivity index (χ4n) is 4.68. The van der Waals surface area contributed by atoms with Crippen LogP contribution in [0.3, 0.4) is 0 Å². The van der Waals surface area contributed by atoms with Crippen molar-refractivity contribution in [3.05, 3.63) is 0 Å². The molecule has 10 nitrogen and oxygen atoms in total. The second-order valence-electron chi connectivity index (χ2n) is 14.3. The maximum Gasteiger partial charge on any atom is 0.245 e. The van der Waals surface area contributed by atoms with Gasteiger partial charge in [-0.25, -0.2) is 0 Å². The third-order valence-electron chi connectivity index (χ3n) is 8.05. The molecule has 44 heavy (non-hydrogen) atoms. The van der Waals surface area contributed by atoms with Crippen molar-refractivity contribution in [2.45, 2.75) is 111 Å². The Morgan fingerprint density at radius 2 is 1.41 bits per heavy atom. The summed E-state index contributed by atoms with van der Waals surface area (Å²) in [5.41, 5.74) is -1.03. The minimum absolute atomic E-state index is 0.0110. The third kappa shape index (κ3) is 13.4. The monoisotopic (exact) mass is 638 g/mol. The Morgan fingerprint density at radius 3 is 1.98 bits per heavy atom. The number of Topliss-reactive ketones (excluding diaryl/α,β-unsaturated/α-hetero) is 2. The molecule has 1 aliphatic heterocycles. The van der Waals surface area contributed by atoms with E-state index in [1.54, 1.807) is 19.0 Å². The summed E-state index contributed by atoms with van der Waals surface area (Å²) in [5, 5.41) is -0.364. The molecule has 1 saturated heterocycles. The highest BCUT2D eigenvalue weighted by Gasteiger charge is 2.38. The molecule has 0 aromatic rings. The molecule has 2 unspecified atom stereocenters. The lowest BCUT2D eigenvalue weighted by molar-refractivity contribution is -0.146.